The van der Waals surface area contributed by atoms with Gasteiger partial charge in [-0.05, 0) is 36.8 Å². The van der Waals surface area contributed by atoms with Crippen LogP contribution in [-0.2, 0) is 10.9 Å². The molecule has 0 spiro atoms. The summed E-state index contributed by atoms with van der Waals surface area (Å²) < 4.78 is 47.7. The lowest BCUT2D eigenvalue weighted by Gasteiger charge is -2.09. The number of nitrogens with zero attached hydrogens (tertiary/aromatic N) is 1. The van der Waals surface area contributed by atoms with Crippen LogP contribution in [0.4, 0.5) is 13.2 Å². The number of pyridine rings is 1. The summed E-state index contributed by atoms with van der Waals surface area (Å²) >= 11 is 0. The summed E-state index contributed by atoms with van der Waals surface area (Å²) in [5.74, 6) is 0.170. The first kappa shape index (κ1) is 18.7. The van der Waals surface area contributed by atoms with Gasteiger partial charge in [0.05, 0.1) is 5.56 Å². The molecule has 0 aliphatic heterocycles. The molecular weight excluding hydrogens is 337 g/mol. The zero-order valence-corrected chi connectivity index (χ0v) is 13.5. The first-order valence-electron chi connectivity index (χ1n) is 7.48. The highest BCUT2D eigenvalue weighted by molar-refractivity contribution is 5.94. The molecule has 0 radical (unpaired) electrons. The van der Waals surface area contributed by atoms with E-state index in [-0.39, 0.29) is 11.8 Å². The van der Waals surface area contributed by atoms with Crippen LogP contribution in [0, 0.1) is 0 Å². The van der Waals surface area contributed by atoms with Crippen molar-refractivity contribution in [1.82, 2.24) is 10.3 Å². The van der Waals surface area contributed by atoms with Crippen LogP contribution < -0.4 is 10.1 Å². The Morgan fingerprint density at radius 3 is 2.44 bits per heavy atom. The van der Waals surface area contributed by atoms with E-state index < -0.39 is 11.7 Å². The van der Waals surface area contributed by atoms with Crippen molar-refractivity contribution >= 4 is 5.91 Å². The van der Waals surface area contributed by atoms with Crippen molar-refractivity contribution in [3.05, 3.63) is 53.7 Å². The Morgan fingerprint density at radius 2 is 1.88 bits per heavy atom. The minimum atomic E-state index is -4.44. The highest BCUT2D eigenvalue weighted by Crippen LogP contribution is 2.30. The van der Waals surface area contributed by atoms with Crippen molar-refractivity contribution < 1.29 is 27.4 Å². The maximum absolute atomic E-state index is 12.5. The first-order valence-corrected chi connectivity index (χ1v) is 7.48. The molecule has 2 rings (SSSR count). The number of rotatable bonds is 7. The van der Waals surface area contributed by atoms with Crippen LogP contribution in [0.3, 0.4) is 0 Å². The van der Waals surface area contributed by atoms with E-state index in [1.165, 1.54) is 0 Å². The molecule has 0 fully saturated rings. The monoisotopic (exact) mass is 354 g/mol. The van der Waals surface area contributed by atoms with Gasteiger partial charge in [-0.25, -0.2) is 4.98 Å². The van der Waals surface area contributed by atoms with Crippen molar-refractivity contribution in [2.75, 3.05) is 20.3 Å². The van der Waals surface area contributed by atoms with Crippen molar-refractivity contribution in [1.29, 1.82) is 0 Å². The molecule has 0 aliphatic carbocycles. The molecule has 0 bridgehead atoms. The number of aromatic nitrogens is 1. The van der Waals surface area contributed by atoms with Crippen molar-refractivity contribution in [3.63, 3.8) is 0 Å². The van der Waals surface area contributed by atoms with Gasteiger partial charge in [-0.2, -0.15) is 13.2 Å². The van der Waals surface area contributed by atoms with Crippen LogP contribution in [0.1, 0.15) is 22.3 Å². The Kier molecular flexibility index (Phi) is 6.35. The quantitative estimate of drug-likeness (QED) is 0.771. The summed E-state index contributed by atoms with van der Waals surface area (Å²) in [5, 5.41) is 2.74. The minimum Gasteiger partial charge on any atom is -0.439 e. The average Bonchev–Trinajstić information content (AvgIpc) is 2.59. The van der Waals surface area contributed by atoms with E-state index in [1.807, 2.05) is 0 Å². The average molecular weight is 354 g/mol. The van der Waals surface area contributed by atoms with E-state index in [0.29, 0.717) is 37.1 Å². The third kappa shape index (κ3) is 5.75. The van der Waals surface area contributed by atoms with Gasteiger partial charge in [0, 0.05) is 38.1 Å². The smallest absolute Gasteiger partial charge is 0.417 e. The predicted molar refractivity (Wildman–Crippen MR) is 84.6 cm³/mol. The number of halogens is 3. The van der Waals surface area contributed by atoms with Gasteiger partial charge in [0.1, 0.15) is 5.75 Å². The van der Waals surface area contributed by atoms with E-state index in [1.54, 1.807) is 31.4 Å². The number of methoxy groups -OCH3 is 1. The maximum Gasteiger partial charge on any atom is 0.417 e. The van der Waals surface area contributed by atoms with Crippen LogP contribution in [0.25, 0.3) is 0 Å². The molecule has 0 unspecified atom stereocenters. The van der Waals surface area contributed by atoms with Gasteiger partial charge in [0.2, 0.25) is 5.88 Å². The number of carbonyl (C=O) groups is 1. The summed E-state index contributed by atoms with van der Waals surface area (Å²) in [7, 11) is 1.59. The number of hydrogen-bond donors (Lipinski definition) is 1. The highest BCUT2D eigenvalue weighted by atomic mass is 19.4. The molecule has 1 aromatic carbocycles. The van der Waals surface area contributed by atoms with E-state index in [9.17, 15) is 18.0 Å². The van der Waals surface area contributed by atoms with E-state index in [4.69, 9.17) is 9.47 Å². The second-order valence-electron chi connectivity index (χ2n) is 5.11. The van der Waals surface area contributed by atoms with Crippen LogP contribution in [0.2, 0.25) is 0 Å². The lowest BCUT2D eigenvalue weighted by Crippen LogP contribution is -2.25. The summed E-state index contributed by atoms with van der Waals surface area (Å²) in [5.41, 5.74) is -0.398. The number of amides is 1. The summed E-state index contributed by atoms with van der Waals surface area (Å²) in [6.07, 6.45) is -3.02. The molecule has 0 saturated carbocycles. The molecule has 2 aromatic rings. The fourth-order valence-electron chi connectivity index (χ4n) is 1.92. The van der Waals surface area contributed by atoms with Gasteiger partial charge in [-0.15, -0.1) is 0 Å². The van der Waals surface area contributed by atoms with Gasteiger partial charge < -0.3 is 14.8 Å². The number of alkyl halides is 3. The topological polar surface area (TPSA) is 60.5 Å². The normalized spacial score (nSPS) is 11.2. The van der Waals surface area contributed by atoms with Crippen LogP contribution >= 0.6 is 0 Å². The second kappa shape index (κ2) is 8.48. The number of ether oxygens (including phenoxy) is 2. The molecule has 0 atom stereocenters. The van der Waals surface area contributed by atoms with Crippen molar-refractivity contribution in [2.24, 2.45) is 0 Å². The third-order valence-electron chi connectivity index (χ3n) is 3.21. The summed E-state index contributed by atoms with van der Waals surface area (Å²) in [6.45, 7) is 1.06. The lowest BCUT2D eigenvalue weighted by atomic mass is 10.2. The Balaban J connectivity index is 1.92. The molecule has 1 aromatic heterocycles. The van der Waals surface area contributed by atoms with Crippen LogP contribution in [0.15, 0.2) is 42.6 Å². The van der Waals surface area contributed by atoms with E-state index >= 15 is 0 Å². The van der Waals surface area contributed by atoms with Gasteiger partial charge in [0.25, 0.3) is 5.91 Å². The van der Waals surface area contributed by atoms with Crippen LogP contribution in [0.5, 0.6) is 11.6 Å². The molecule has 25 heavy (non-hydrogen) atoms. The third-order valence-corrected chi connectivity index (χ3v) is 3.21. The standard InChI is InChI=1S/C17H17F3N2O3/c1-24-10-2-9-21-16(23)12-3-6-14(7-4-12)25-15-8-5-13(11-22-15)17(18,19)20/h3-8,11H,2,9-10H2,1H3,(H,21,23). The Hall–Kier alpha value is -2.61. The molecule has 0 saturated heterocycles. The number of benzene rings is 1. The Bertz CT molecular complexity index is 686. The molecule has 1 heterocycles. The SMILES string of the molecule is COCCCNC(=O)c1ccc(Oc2ccc(C(F)(F)F)cn2)cc1. The molecule has 1 N–H and O–H groups in total. The molecular formula is C17H17F3N2O3. The van der Waals surface area contributed by atoms with Gasteiger partial charge in [-0.3, -0.25) is 4.79 Å². The summed E-state index contributed by atoms with van der Waals surface area (Å²) in [4.78, 5) is 15.5. The summed E-state index contributed by atoms with van der Waals surface area (Å²) in [6, 6.07) is 8.24. The van der Waals surface area contributed by atoms with E-state index in [0.717, 1.165) is 12.1 Å². The Morgan fingerprint density at radius 1 is 1.16 bits per heavy atom. The fourth-order valence-corrected chi connectivity index (χ4v) is 1.92. The molecule has 0 aliphatic rings. The van der Waals surface area contributed by atoms with Crippen molar-refractivity contribution in [2.45, 2.75) is 12.6 Å². The first-order chi connectivity index (χ1) is 11.9. The van der Waals surface area contributed by atoms with Gasteiger partial charge in [0.15, 0.2) is 0 Å². The predicted octanol–water partition coefficient (Wildman–Crippen LogP) is 3.66. The van der Waals surface area contributed by atoms with Crippen molar-refractivity contribution in [3.8, 4) is 11.6 Å². The highest BCUT2D eigenvalue weighted by Gasteiger charge is 2.30. The molecule has 8 heteroatoms. The lowest BCUT2D eigenvalue weighted by molar-refractivity contribution is -0.137. The number of nitrogens with one attached hydrogen (secondary N) is 1. The van der Waals surface area contributed by atoms with Gasteiger partial charge in [-0.1, -0.05) is 0 Å². The fraction of sp³-hybridized carbons (Fsp3) is 0.294. The largest absolute Gasteiger partial charge is 0.439 e. The van der Waals surface area contributed by atoms with E-state index in [2.05, 4.69) is 10.3 Å². The Labute approximate surface area is 142 Å². The molecule has 5 nitrogen and oxygen atoms in total. The van der Waals surface area contributed by atoms with Crippen LogP contribution in [-0.4, -0.2) is 31.2 Å². The number of hydrogen-bond acceptors (Lipinski definition) is 4. The number of carbonyl (C=O) groups excluding carboxylic acids is 1. The minimum absolute atomic E-state index is 0.0322. The maximum atomic E-state index is 12.5. The zero-order chi connectivity index (χ0) is 18.3. The molecule has 1 amide bonds. The second-order valence-corrected chi connectivity index (χ2v) is 5.11. The molecule has 134 valence electrons. The zero-order valence-electron chi connectivity index (χ0n) is 13.5. The van der Waals surface area contributed by atoms with Gasteiger partial charge >= 0.3 is 6.18 Å².